The van der Waals surface area contributed by atoms with Gasteiger partial charge in [-0.15, -0.1) is 0 Å². The molecular formula is C11H15N3O3S. The summed E-state index contributed by atoms with van der Waals surface area (Å²) in [4.78, 5) is 21.7. The lowest BCUT2D eigenvalue weighted by Crippen LogP contribution is -2.15. The number of carbonyl (C=O) groups is 1. The second-order valence-corrected chi connectivity index (χ2v) is 4.75. The Hall–Kier alpha value is -1.60. The zero-order chi connectivity index (χ0) is 13.5. The SMILES string of the molecule is Cc1cc(NC(=O)CSCCN)ccc1[N+](=O)[O-]. The lowest BCUT2D eigenvalue weighted by atomic mass is 10.2. The molecule has 7 heteroatoms. The molecule has 0 heterocycles. The van der Waals surface area contributed by atoms with Crippen molar-refractivity contribution in [1.29, 1.82) is 0 Å². The number of nitro benzene ring substituents is 1. The van der Waals surface area contributed by atoms with Gasteiger partial charge in [0.1, 0.15) is 0 Å². The lowest BCUT2D eigenvalue weighted by Gasteiger charge is -2.06. The van der Waals surface area contributed by atoms with E-state index in [-0.39, 0.29) is 11.6 Å². The molecule has 1 amide bonds. The molecule has 6 nitrogen and oxygen atoms in total. The number of benzene rings is 1. The van der Waals surface area contributed by atoms with Gasteiger partial charge >= 0.3 is 0 Å². The number of nitrogens with two attached hydrogens (primary N) is 1. The van der Waals surface area contributed by atoms with Gasteiger partial charge < -0.3 is 11.1 Å². The number of nitrogens with zero attached hydrogens (tertiary/aromatic N) is 1. The molecule has 0 aliphatic rings. The first-order valence-corrected chi connectivity index (χ1v) is 6.52. The van der Waals surface area contributed by atoms with Crippen molar-refractivity contribution in [2.24, 2.45) is 5.73 Å². The Labute approximate surface area is 109 Å². The van der Waals surface area contributed by atoms with Crippen LogP contribution in [0.25, 0.3) is 0 Å². The molecule has 0 fully saturated rings. The van der Waals surface area contributed by atoms with Crippen LogP contribution < -0.4 is 11.1 Å². The Kier molecular flexibility index (Phi) is 5.60. The maximum absolute atomic E-state index is 11.5. The lowest BCUT2D eigenvalue weighted by molar-refractivity contribution is -0.385. The number of thioether (sulfide) groups is 1. The van der Waals surface area contributed by atoms with Crippen LogP contribution in [0.1, 0.15) is 5.56 Å². The Morgan fingerprint density at radius 1 is 1.56 bits per heavy atom. The minimum atomic E-state index is -0.446. The maximum atomic E-state index is 11.5. The van der Waals surface area contributed by atoms with E-state index in [1.54, 1.807) is 13.0 Å². The van der Waals surface area contributed by atoms with Gasteiger partial charge in [0.2, 0.25) is 5.91 Å². The van der Waals surface area contributed by atoms with Gasteiger partial charge in [0, 0.05) is 29.6 Å². The number of amides is 1. The summed E-state index contributed by atoms with van der Waals surface area (Å²) in [5, 5.41) is 13.3. The first-order valence-electron chi connectivity index (χ1n) is 5.37. The van der Waals surface area contributed by atoms with E-state index in [1.807, 2.05) is 0 Å². The van der Waals surface area contributed by atoms with E-state index in [9.17, 15) is 14.9 Å². The highest BCUT2D eigenvalue weighted by Crippen LogP contribution is 2.21. The Balaban J connectivity index is 2.60. The minimum Gasteiger partial charge on any atom is -0.330 e. The third kappa shape index (κ3) is 4.34. The quantitative estimate of drug-likeness (QED) is 0.463. The Bertz CT molecular complexity index is 451. The summed E-state index contributed by atoms with van der Waals surface area (Å²) < 4.78 is 0. The summed E-state index contributed by atoms with van der Waals surface area (Å²) in [5.74, 6) is 0.918. The van der Waals surface area contributed by atoms with Crippen LogP contribution in [0.15, 0.2) is 18.2 Å². The normalized spacial score (nSPS) is 10.1. The van der Waals surface area contributed by atoms with Crippen molar-refractivity contribution in [2.75, 3.05) is 23.4 Å². The van der Waals surface area contributed by atoms with Gasteiger partial charge in [-0.3, -0.25) is 14.9 Å². The summed E-state index contributed by atoms with van der Waals surface area (Å²) in [7, 11) is 0. The highest BCUT2D eigenvalue weighted by molar-refractivity contribution is 7.99. The predicted molar refractivity (Wildman–Crippen MR) is 72.8 cm³/mol. The van der Waals surface area contributed by atoms with Crippen LogP contribution >= 0.6 is 11.8 Å². The third-order valence-corrected chi connectivity index (χ3v) is 3.16. The summed E-state index contributed by atoms with van der Waals surface area (Å²) in [6.07, 6.45) is 0. The fraction of sp³-hybridized carbons (Fsp3) is 0.364. The van der Waals surface area contributed by atoms with Gasteiger partial charge in [-0.2, -0.15) is 11.8 Å². The van der Waals surface area contributed by atoms with E-state index in [2.05, 4.69) is 5.32 Å². The molecule has 0 aliphatic heterocycles. The van der Waals surface area contributed by atoms with Crippen molar-refractivity contribution in [3.8, 4) is 0 Å². The standard InChI is InChI=1S/C11H15N3O3S/c1-8-6-9(2-3-10(8)14(16)17)13-11(15)7-18-5-4-12/h2-3,6H,4-5,7,12H2,1H3,(H,13,15). The van der Waals surface area contributed by atoms with Gasteiger partial charge in [0.05, 0.1) is 10.7 Å². The number of hydrogen-bond donors (Lipinski definition) is 2. The Morgan fingerprint density at radius 2 is 2.28 bits per heavy atom. The molecule has 3 N–H and O–H groups in total. The first kappa shape index (κ1) is 14.5. The Morgan fingerprint density at radius 3 is 2.83 bits per heavy atom. The largest absolute Gasteiger partial charge is 0.330 e. The summed E-state index contributed by atoms with van der Waals surface area (Å²) in [6, 6.07) is 4.50. The fourth-order valence-corrected chi connectivity index (χ4v) is 1.95. The zero-order valence-corrected chi connectivity index (χ0v) is 10.8. The van der Waals surface area contributed by atoms with Crippen LogP contribution in [0.4, 0.5) is 11.4 Å². The number of carbonyl (C=O) groups excluding carboxylic acids is 1. The van der Waals surface area contributed by atoms with Crippen molar-refractivity contribution in [1.82, 2.24) is 0 Å². The van der Waals surface area contributed by atoms with E-state index < -0.39 is 4.92 Å². The van der Waals surface area contributed by atoms with E-state index in [0.717, 1.165) is 5.75 Å². The molecule has 0 spiro atoms. The van der Waals surface area contributed by atoms with Crippen LogP contribution in [0.2, 0.25) is 0 Å². The molecule has 0 bridgehead atoms. The van der Waals surface area contributed by atoms with Crippen LogP contribution in [-0.4, -0.2) is 28.9 Å². The number of hydrogen-bond acceptors (Lipinski definition) is 5. The number of nitrogens with one attached hydrogen (secondary N) is 1. The van der Waals surface area contributed by atoms with Crippen molar-refractivity contribution in [2.45, 2.75) is 6.92 Å². The highest BCUT2D eigenvalue weighted by atomic mass is 32.2. The van der Waals surface area contributed by atoms with E-state index >= 15 is 0 Å². The topological polar surface area (TPSA) is 98.3 Å². The number of aryl methyl sites for hydroxylation is 1. The van der Waals surface area contributed by atoms with Gasteiger partial charge in [0.25, 0.3) is 5.69 Å². The number of rotatable bonds is 6. The van der Waals surface area contributed by atoms with E-state index in [0.29, 0.717) is 23.5 Å². The van der Waals surface area contributed by atoms with Crippen LogP contribution in [0.3, 0.4) is 0 Å². The van der Waals surface area contributed by atoms with Crippen molar-refractivity contribution in [3.63, 3.8) is 0 Å². The molecule has 0 radical (unpaired) electrons. The second kappa shape index (κ2) is 6.97. The first-order chi connectivity index (χ1) is 8.54. The van der Waals surface area contributed by atoms with Crippen molar-refractivity contribution >= 4 is 29.0 Å². The number of anilines is 1. The summed E-state index contributed by atoms with van der Waals surface area (Å²) in [6.45, 7) is 2.17. The molecule has 0 saturated heterocycles. The summed E-state index contributed by atoms with van der Waals surface area (Å²) >= 11 is 1.45. The molecule has 0 saturated carbocycles. The fourth-order valence-electron chi connectivity index (χ4n) is 1.38. The van der Waals surface area contributed by atoms with Crippen molar-refractivity contribution < 1.29 is 9.72 Å². The van der Waals surface area contributed by atoms with Gasteiger partial charge in [-0.1, -0.05) is 0 Å². The van der Waals surface area contributed by atoms with Crippen LogP contribution in [0.5, 0.6) is 0 Å². The van der Waals surface area contributed by atoms with E-state index in [4.69, 9.17) is 5.73 Å². The zero-order valence-electron chi connectivity index (χ0n) is 10.0. The average Bonchev–Trinajstić information content (AvgIpc) is 2.28. The average molecular weight is 269 g/mol. The molecular weight excluding hydrogens is 254 g/mol. The molecule has 18 heavy (non-hydrogen) atoms. The summed E-state index contributed by atoms with van der Waals surface area (Å²) in [5.41, 5.74) is 6.45. The third-order valence-electron chi connectivity index (χ3n) is 2.17. The second-order valence-electron chi connectivity index (χ2n) is 3.65. The monoisotopic (exact) mass is 269 g/mol. The molecule has 98 valence electrons. The van der Waals surface area contributed by atoms with E-state index in [1.165, 1.54) is 23.9 Å². The maximum Gasteiger partial charge on any atom is 0.272 e. The van der Waals surface area contributed by atoms with Gasteiger partial charge in [-0.05, 0) is 19.1 Å². The molecule has 0 aromatic heterocycles. The van der Waals surface area contributed by atoms with Gasteiger partial charge in [0.15, 0.2) is 0 Å². The smallest absolute Gasteiger partial charge is 0.272 e. The molecule has 1 aromatic carbocycles. The number of nitro groups is 1. The predicted octanol–water partition coefficient (Wildman–Crippen LogP) is 1.53. The van der Waals surface area contributed by atoms with Crippen LogP contribution in [-0.2, 0) is 4.79 Å². The molecule has 1 rings (SSSR count). The van der Waals surface area contributed by atoms with Crippen LogP contribution in [0, 0.1) is 17.0 Å². The van der Waals surface area contributed by atoms with Gasteiger partial charge in [-0.25, -0.2) is 0 Å². The highest BCUT2D eigenvalue weighted by Gasteiger charge is 2.11. The molecule has 0 aliphatic carbocycles. The molecule has 0 unspecified atom stereocenters. The molecule has 0 atom stereocenters. The van der Waals surface area contributed by atoms with Crippen molar-refractivity contribution in [3.05, 3.63) is 33.9 Å². The minimum absolute atomic E-state index is 0.0468. The molecule has 1 aromatic rings.